The van der Waals surface area contributed by atoms with Crippen LogP contribution in [-0.4, -0.2) is 34.1 Å². The summed E-state index contributed by atoms with van der Waals surface area (Å²) in [6.07, 6.45) is 1.71. The average Bonchev–Trinajstić information content (AvgIpc) is 2.85. The Morgan fingerprint density at radius 3 is 2.38 bits per heavy atom. The number of para-hydroxylation sites is 1. The largest absolute Gasteiger partial charge is 0.486 e. The number of nitrogens with zero attached hydrogens (tertiary/aromatic N) is 3. The zero-order chi connectivity index (χ0) is 23.3. The van der Waals surface area contributed by atoms with E-state index in [0.717, 1.165) is 5.69 Å². The Balaban J connectivity index is 1.27. The number of amides is 1. The molecule has 4 aromatic rings. The molecule has 0 spiro atoms. The standard InChI is InChI=1S/C25H22N6O3/c1-16-27-22(15-23(28-16)31-21-7-2-3-12-26-21)29-17-8-10-18(11-9-17)30-25(32)19-5-4-6-20-24(19)34-14-13-33-20/h2-12,15H,13-14H2,1H3,(H,30,32)(H2,26,27,28,29,31). The molecule has 2 aromatic carbocycles. The summed E-state index contributed by atoms with van der Waals surface area (Å²) in [6.45, 7) is 2.71. The van der Waals surface area contributed by atoms with Crippen LogP contribution < -0.4 is 25.4 Å². The number of nitrogens with one attached hydrogen (secondary N) is 3. The van der Waals surface area contributed by atoms with Gasteiger partial charge in [0.05, 0.1) is 5.56 Å². The Morgan fingerprint density at radius 1 is 0.824 bits per heavy atom. The number of carbonyl (C=O) groups is 1. The van der Waals surface area contributed by atoms with Gasteiger partial charge in [-0.2, -0.15) is 0 Å². The van der Waals surface area contributed by atoms with Gasteiger partial charge in [0, 0.05) is 23.6 Å². The second-order valence-corrected chi connectivity index (χ2v) is 7.51. The molecule has 1 aliphatic heterocycles. The molecule has 5 rings (SSSR count). The summed E-state index contributed by atoms with van der Waals surface area (Å²) < 4.78 is 11.2. The maximum Gasteiger partial charge on any atom is 0.259 e. The monoisotopic (exact) mass is 454 g/mol. The van der Waals surface area contributed by atoms with Crippen molar-refractivity contribution in [3.63, 3.8) is 0 Å². The maximum absolute atomic E-state index is 12.8. The van der Waals surface area contributed by atoms with Crippen molar-refractivity contribution >= 4 is 34.7 Å². The highest BCUT2D eigenvalue weighted by Crippen LogP contribution is 2.34. The predicted octanol–water partition coefficient (Wildman–Crippen LogP) is 4.69. The lowest BCUT2D eigenvalue weighted by Gasteiger charge is -2.20. The molecule has 0 atom stereocenters. The summed E-state index contributed by atoms with van der Waals surface area (Å²) in [6, 6.07) is 20.0. The number of pyridine rings is 1. The SMILES string of the molecule is Cc1nc(Nc2ccc(NC(=O)c3cccc4c3OCCO4)cc2)cc(Nc2ccccn2)n1. The fourth-order valence-electron chi connectivity index (χ4n) is 3.50. The summed E-state index contributed by atoms with van der Waals surface area (Å²) in [5.74, 6) is 3.37. The Bertz CT molecular complexity index is 1310. The molecule has 3 heterocycles. The molecule has 0 radical (unpaired) electrons. The molecule has 1 aliphatic rings. The second-order valence-electron chi connectivity index (χ2n) is 7.51. The normalized spacial score (nSPS) is 12.0. The molecule has 0 aliphatic carbocycles. The number of benzene rings is 2. The van der Waals surface area contributed by atoms with Crippen molar-refractivity contribution in [1.82, 2.24) is 15.0 Å². The highest BCUT2D eigenvalue weighted by molar-refractivity contribution is 6.06. The molecule has 0 saturated carbocycles. The van der Waals surface area contributed by atoms with E-state index < -0.39 is 0 Å². The van der Waals surface area contributed by atoms with E-state index in [9.17, 15) is 4.79 Å². The number of fused-ring (bicyclic) bond motifs is 1. The van der Waals surface area contributed by atoms with Crippen molar-refractivity contribution < 1.29 is 14.3 Å². The molecule has 3 N–H and O–H groups in total. The first-order valence-electron chi connectivity index (χ1n) is 10.7. The van der Waals surface area contributed by atoms with Gasteiger partial charge in [0.25, 0.3) is 5.91 Å². The highest BCUT2D eigenvalue weighted by Gasteiger charge is 2.20. The molecule has 0 saturated heterocycles. The summed E-state index contributed by atoms with van der Waals surface area (Å²) in [7, 11) is 0. The third-order valence-corrected chi connectivity index (χ3v) is 4.98. The van der Waals surface area contributed by atoms with Crippen LogP contribution in [0.4, 0.5) is 28.8 Å². The fraction of sp³-hybridized carbons (Fsp3) is 0.120. The Labute approximate surface area is 196 Å². The zero-order valence-electron chi connectivity index (χ0n) is 18.4. The Hall–Kier alpha value is -4.66. The lowest BCUT2D eigenvalue weighted by Crippen LogP contribution is -2.20. The zero-order valence-corrected chi connectivity index (χ0v) is 18.4. The van der Waals surface area contributed by atoms with Gasteiger partial charge in [-0.1, -0.05) is 12.1 Å². The number of ether oxygens (including phenoxy) is 2. The van der Waals surface area contributed by atoms with E-state index >= 15 is 0 Å². The molecule has 1 amide bonds. The number of aryl methyl sites for hydroxylation is 1. The third-order valence-electron chi connectivity index (χ3n) is 4.98. The third kappa shape index (κ3) is 4.88. The van der Waals surface area contributed by atoms with Crippen LogP contribution in [0.3, 0.4) is 0 Å². The molecule has 9 nitrogen and oxygen atoms in total. The minimum absolute atomic E-state index is 0.264. The fourth-order valence-corrected chi connectivity index (χ4v) is 3.50. The van der Waals surface area contributed by atoms with Crippen LogP contribution in [0.2, 0.25) is 0 Å². The lowest BCUT2D eigenvalue weighted by atomic mass is 10.1. The number of anilines is 5. The van der Waals surface area contributed by atoms with E-state index in [4.69, 9.17) is 9.47 Å². The summed E-state index contributed by atoms with van der Waals surface area (Å²) >= 11 is 0. The number of hydrogen-bond donors (Lipinski definition) is 3. The molecule has 0 bridgehead atoms. The van der Waals surface area contributed by atoms with Gasteiger partial charge in [-0.3, -0.25) is 4.79 Å². The topological polar surface area (TPSA) is 110 Å². The Kier molecular flexibility index (Phi) is 5.89. The summed E-state index contributed by atoms with van der Waals surface area (Å²) in [5.41, 5.74) is 1.90. The van der Waals surface area contributed by atoms with E-state index in [0.29, 0.717) is 59.2 Å². The smallest absolute Gasteiger partial charge is 0.259 e. The number of aromatic nitrogens is 3. The first-order chi connectivity index (χ1) is 16.6. The quantitative estimate of drug-likeness (QED) is 0.385. The van der Waals surface area contributed by atoms with E-state index in [2.05, 4.69) is 30.9 Å². The van der Waals surface area contributed by atoms with E-state index in [1.165, 1.54) is 0 Å². The van der Waals surface area contributed by atoms with Crippen LogP contribution in [0, 0.1) is 6.92 Å². The molecule has 34 heavy (non-hydrogen) atoms. The number of carbonyl (C=O) groups excluding carboxylic acids is 1. The van der Waals surface area contributed by atoms with Gasteiger partial charge in [0.2, 0.25) is 0 Å². The van der Waals surface area contributed by atoms with Gasteiger partial charge in [0.15, 0.2) is 11.5 Å². The van der Waals surface area contributed by atoms with Crippen LogP contribution in [0.1, 0.15) is 16.2 Å². The van der Waals surface area contributed by atoms with Crippen LogP contribution >= 0.6 is 0 Å². The molecular formula is C25H22N6O3. The van der Waals surface area contributed by atoms with Crippen LogP contribution in [0.5, 0.6) is 11.5 Å². The molecule has 0 fully saturated rings. The van der Waals surface area contributed by atoms with E-state index in [1.807, 2.05) is 49.4 Å². The first kappa shape index (κ1) is 21.2. The predicted molar refractivity (Wildman–Crippen MR) is 129 cm³/mol. The van der Waals surface area contributed by atoms with E-state index in [-0.39, 0.29) is 5.91 Å². The van der Waals surface area contributed by atoms with Crippen LogP contribution in [0.25, 0.3) is 0 Å². The van der Waals surface area contributed by atoms with Crippen LogP contribution in [-0.2, 0) is 0 Å². The van der Waals surface area contributed by atoms with Gasteiger partial charge in [-0.15, -0.1) is 0 Å². The summed E-state index contributed by atoms with van der Waals surface area (Å²) in [5, 5.41) is 9.33. The van der Waals surface area contributed by atoms with Crippen molar-refractivity contribution in [3.05, 3.63) is 84.3 Å². The van der Waals surface area contributed by atoms with Crippen molar-refractivity contribution in [2.45, 2.75) is 6.92 Å². The van der Waals surface area contributed by atoms with Crippen LogP contribution in [0.15, 0.2) is 72.9 Å². The molecule has 2 aromatic heterocycles. The van der Waals surface area contributed by atoms with Crippen molar-refractivity contribution in [3.8, 4) is 11.5 Å². The highest BCUT2D eigenvalue weighted by atomic mass is 16.6. The number of rotatable bonds is 6. The van der Waals surface area contributed by atoms with Crippen molar-refractivity contribution in [2.75, 3.05) is 29.2 Å². The summed E-state index contributed by atoms with van der Waals surface area (Å²) in [4.78, 5) is 25.9. The molecular weight excluding hydrogens is 432 g/mol. The molecule has 9 heteroatoms. The minimum atomic E-state index is -0.264. The average molecular weight is 454 g/mol. The second kappa shape index (κ2) is 9.45. The Morgan fingerprint density at radius 2 is 1.59 bits per heavy atom. The van der Waals surface area contributed by atoms with Gasteiger partial charge >= 0.3 is 0 Å². The van der Waals surface area contributed by atoms with Gasteiger partial charge in [-0.05, 0) is 55.5 Å². The van der Waals surface area contributed by atoms with Gasteiger partial charge in [0.1, 0.15) is 36.5 Å². The van der Waals surface area contributed by atoms with Crippen molar-refractivity contribution in [2.24, 2.45) is 0 Å². The first-order valence-corrected chi connectivity index (χ1v) is 10.7. The van der Waals surface area contributed by atoms with E-state index in [1.54, 1.807) is 30.5 Å². The maximum atomic E-state index is 12.8. The molecule has 0 unspecified atom stereocenters. The van der Waals surface area contributed by atoms with Crippen molar-refractivity contribution in [1.29, 1.82) is 0 Å². The lowest BCUT2D eigenvalue weighted by molar-refractivity contribution is 0.101. The van der Waals surface area contributed by atoms with Gasteiger partial charge < -0.3 is 25.4 Å². The molecule has 170 valence electrons. The number of hydrogen-bond acceptors (Lipinski definition) is 8. The van der Waals surface area contributed by atoms with Gasteiger partial charge in [-0.25, -0.2) is 15.0 Å². The minimum Gasteiger partial charge on any atom is -0.486 e.